The van der Waals surface area contributed by atoms with E-state index < -0.39 is 0 Å². The molecule has 158 valence electrons. The van der Waals surface area contributed by atoms with Crippen LogP contribution >= 0.6 is 24.8 Å². The summed E-state index contributed by atoms with van der Waals surface area (Å²) in [7, 11) is 0. The number of nitrogens with zero attached hydrogens (tertiary/aromatic N) is 2. The zero-order valence-electron chi connectivity index (χ0n) is 16.7. The fraction of sp³-hybridized carbons (Fsp3) is 0.600. The normalized spacial score (nSPS) is 19.9. The van der Waals surface area contributed by atoms with E-state index in [1.165, 1.54) is 0 Å². The summed E-state index contributed by atoms with van der Waals surface area (Å²) >= 11 is 0. The Morgan fingerprint density at radius 2 is 1.71 bits per heavy atom. The zero-order valence-corrected chi connectivity index (χ0v) is 18.3. The van der Waals surface area contributed by atoms with Crippen LogP contribution in [0.3, 0.4) is 0 Å². The average molecular weight is 431 g/mol. The van der Waals surface area contributed by atoms with Crippen molar-refractivity contribution in [1.82, 2.24) is 15.1 Å². The molecule has 2 aliphatic heterocycles. The summed E-state index contributed by atoms with van der Waals surface area (Å²) in [4.78, 5) is 29.0. The number of halogens is 2. The van der Waals surface area contributed by atoms with Crippen LogP contribution in [0.4, 0.5) is 5.69 Å². The molecule has 1 aromatic rings. The number of piperidine rings is 1. The minimum absolute atomic E-state index is 0. The molecule has 1 aromatic carbocycles. The van der Waals surface area contributed by atoms with Gasteiger partial charge >= 0.3 is 0 Å². The van der Waals surface area contributed by atoms with Crippen LogP contribution < -0.4 is 10.6 Å². The molecule has 2 fully saturated rings. The summed E-state index contributed by atoms with van der Waals surface area (Å²) in [5.74, 6) is 0.237. The molecule has 0 spiro atoms. The van der Waals surface area contributed by atoms with Crippen LogP contribution in [-0.4, -0.2) is 66.9 Å². The Bertz CT molecular complexity index is 637. The SMILES string of the molecule is Cc1cccc(C)c1NC(=O)CN1CCN(C(=O)C2CCCCN2)CC1.Cl.Cl. The van der Waals surface area contributed by atoms with E-state index in [4.69, 9.17) is 0 Å². The number of anilines is 1. The van der Waals surface area contributed by atoms with Crippen molar-refractivity contribution in [2.75, 3.05) is 44.6 Å². The molecule has 1 unspecified atom stereocenters. The van der Waals surface area contributed by atoms with Crippen LogP contribution in [0.25, 0.3) is 0 Å². The first-order chi connectivity index (χ1) is 12.5. The maximum Gasteiger partial charge on any atom is 0.239 e. The van der Waals surface area contributed by atoms with E-state index in [9.17, 15) is 9.59 Å². The predicted octanol–water partition coefficient (Wildman–Crippen LogP) is 2.37. The Morgan fingerprint density at radius 3 is 2.29 bits per heavy atom. The monoisotopic (exact) mass is 430 g/mol. The van der Waals surface area contributed by atoms with Crippen molar-refractivity contribution < 1.29 is 9.59 Å². The number of nitrogens with one attached hydrogen (secondary N) is 2. The molecule has 28 heavy (non-hydrogen) atoms. The molecule has 3 rings (SSSR count). The lowest BCUT2D eigenvalue weighted by molar-refractivity contribution is -0.135. The van der Waals surface area contributed by atoms with E-state index in [1.807, 2.05) is 36.9 Å². The third-order valence-corrected chi connectivity index (χ3v) is 5.41. The summed E-state index contributed by atoms with van der Waals surface area (Å²) in [5.41, 5.74) is 3.07. The molecule has 0 aromatic heterocycles. The standard InChI is InChI=1S/C20H30N4O2.2ClH/c1-15-6-5-7-16(2)19(15)22-18(25)14-23-10-12-24(13-11-23)20(26)17-8-3-4-9-21-17;;/h5-7,17,21H,3-4,8-14H2,1-2H3,(H,22,25);2*1H. The van der Waals surface area contributed by atoms with Crippen LogP contribution in [0.2, 0.25) is 0 Å². The lowest BCUT2D eigenvalue weighted by atomic mass is 10.0. The number of hydrogen-bond donors (Lipinski definition) is 2. The largest absolute Gasteiger partial charge is 0.339 e. The summed E-state index contributed by atoms with van der Waals surface area (Å²) < 4.78 is 0. The fourth-order valence-corrected chi connectivity index (χ4v) is 3.80. The van der Waals surface area contributed by atoms with Gasteiger partial charge in [0.1, 0.15) is 0 Å². The number of aryl methyl sites for hydroxylation is 2. The van der Waals surface area contributed by atoms with Gasteiger partial charge in [0, 0.05) is 31.9 Å². The summed E-state index contributed by atoms with van der Waals surface area (Å²) in [6.45, 7) is 8.23. The molecule has 2 saturated heterocycles. The van der Waals surface area contributed by atoms with Gasteiger partial charge in [-0.05, 0) is 44.4 Å². The second-order valence-corrected chi connectivity index (χ2v) is 7.42. The number of benzene rings is 1. The summed E-state index contributed by atoms with van der Waals surface area (Å²) in [6.07, 6.45) is 3.23. The molecule has 2 heterocycles. The Labute approximate surface area is 180 Å². The minimum atomic E-state index is -0.0115. The van der Waals surface area contributed by atoms with Crippen molar-refractivity contribution >= 4 is 42.3 Å². The first kappa shape index (κ1) is 24.7. The zero-order chi connectivity index (χ0) is 18.5. The third kappa shape index (κ3) is 6.34. The van der Waals surface area contributed by atoms with Crippen molar-refractivity contribution in [2.24, 2.45) is 0 Å². The maximum absolute atomic E-state index is 12.6. The van der Waals surface area contributed by atoms with Crippen LogP contribution in [-0.2, 0) is 9.59 Å². The fourth-order valence-electron chi connectivity index (χ4n) is 3.80. The number of rotatable bonds is 4. The van der Waals surface area contributed by atoms with Crippen LogP contribution in [0.5, 0.6) is 0 Å². The molecule has 0 saturated carbocycles. The van der Waals surface area contributed by atoms with Gasteiger partial charge in [-0.25, -0.2) is 0 Å². The number of piperazine rings is 1. The second-order valence-electron chi connectivity index (χ2n) is 7.42. The second kappa shape index (κ2) is 11.6. The van der Waals surface area contributed by atoms with Gasteiger partial charge in [-0.15, -0.1) is 24.8 Å². The molecule has 8 heteroatoms. The van der Waals surface area contributed by atoms with Gasteiger partial charge in [-0.3, -0.25) is 14.5 Å². The topological polar surface area (TPSA) is 64.7 Å². The quantitative estimate of drug-likeness (QED) is 0.769. The molecule has 0 aliphatic carbocycles. The van der Waals surface area contributed by atoms with Gasteiger partial charge in [0.2, 0.25) is 11.8 Å². The van der Waals surface area contributed by atoms with E-state index in [0.717, 1.165) is 55.7 Å². The minimum Gasteiger partial charge on any atom is -0.339 e. The Balaban J connectivity index is 0.00000196. The van der Waals surface area contributed by atoms with Crippen molar-refractivity contribution in [3.8, 4) is 0 Å². The number of carbonyl (C=O) groups excluding carboxylic acids is 2. The summed E-state index contributed by atoms with van der Waals surface area (Å²) in [5, 5.41) is 6.37. The third-order valence-electron chi connectivity index (χ3n) is 5.41. The predicted molar refractivity (Wildman–Crippen MR) is 118 cm³/mol. The smallest absolute Gasteiger partial charge is 0.239 e. The highest BCUT2D eigenvalue weighted by Gasteiger charge is 2.28. The molecule has 1 atom stereocenters. The number of amides is 2. The molecule has 0 bridgehead atoms. The highest BCUT2D eigenvalue weighted by atomic mass is 35.5. The van der Waals surface area contributed by atoms with Crippen LogP contribution in [0.1, 0.15) is 30.4 Å². The Hall–Kier alpha value is -1.34. The molecule has 2 amide bonds. The van der Waals surface area contributed by atoms with E-state index in [-0.39, 0.29) is 42.7 Å². The Morgan fingerprint density at radius 1 is 1.07 bits per heavy atom. The highest BCUT2D eigenvalue weighted by molar-refractivity contribution is 5.93. The van der Waals surface area contributed by atoms with Crippen molar-refractivity contribution in [1.29, 1.82) is 0 Å². The van der Waals surface area contributed by atoms with E-state index in [1.54, 1.807) is 0 Å². The number of hydrogen-bond acceptors (Lipinski definition) is 4. The molecule has 2 N–H and O–H groups in total. The van der Waals surface area contributed by atoms with Crippen molar-refractivity contribution in [3.63, 3.8) is 0 Å². The first-order valence-corrected chi connectivity index (χ1v) is 9.65. The molecule has 0 radical (unpaired) electrons. The lowest BCUT2D eigenvalue weighted by Crippen LogP contribution is -2.55. The van der Waals surface area contributed by atoms with E-state index in [0.29, 0.717) is 19.6 Å². The highest BCUT2D eigenvalue weighted by Crippen LogP contribution is 2.19. The van der Waals surface area contributed by atoms with Gasteiger partial charge in [0.25, 0.3) is 0 Å². The first-order valence-electron chi connectivity index (χ1n) is 9.65. The van der Waals surface area contributed by atoms with Crippen LogP contribution in [0.15, 0.2) is 18.2 Å². The molecule has 6 nitrogen and oxygen atoms in total. The number of carbonyl (C=O) groups is 2. The van der Waals surface area contributed by atoms with Crippen molar-refractivity contribution in [2.45, 2.75) is 39.2 Å². The molecule has 2 aliphatic rings. The molecular weight excluding hydrogens is 399 g/mol. The van der Waals surface area contributed by atoms with Gasteiger partial charge in [0.05, 0.1) is 12.6 Å². The van der Waals surface area contributed by atoms with Crippen LogP contribution in [0, 0.1) is 13.8 Å². The Kier molecular flexibility index (Phi) is 10.2. The van der Waals surface area contributed by atoms with E-state index >= 15 is 0 Å². The average Bonchev–Trinajstić information content (AvgIpc) is 2.66. The maximum atomic E-state index is 12.6. The van der Waals surface area contributed by atoms with Gasteiger partial charge in [-0.1, -0.05) is 24.6 Å². The number of para-hydroxylation sites is 1. The molecular formula is C20H32Cl2N4O2. The van der Waals surface area contributed by atoms with Crippen molar-refractivity contribution in [3.05, 3.63) is 29.3 Å². The van der Waals surface area contributed by atoms with E-state index in [2.05, 4.69) is 15.5 Å². The lowest BCUT2D eigenvalue weighted by Gasteiger charge is -2.37. The van der Waals surface area contributed by atoms with Gasteiger partial charge in [-0.2, -0.15) is 0 Å². The summed E-state index contributed by atoms with van der Waals surface area (Å²) in [6, 6.07) is 6.00. The van der Waals surface area contributed by atoms with Gasteiger partial charge < -0.3 is 15.5 Å². The van der Waals surface area contributed by atoms with Gasteiger partial charge in [0.15, 0.2) is 0 Å².